The Bertz CT molecular complexity index is 314. The largest absolute Gasteiger partial charge is 0.394 e. The summed E-state index contributed by atoms with van der Waals surface area (Å²) in [6.07, 6.45) is 0. The number of aliphatic hydroxyl groups excluding tert-OH is 1. The van der Waals surface area contributed by atoms with Crippen LogP contribution in [0.25, 0.3) is 0 Å². The van der Waals surface area contributed by atoms with Crippen LogP contribution in [-0.4, -0.2) is 23.5 Å². The first-order valence-electron chi connectivity index (χ1n) is 4.40. The Kier molecular flexibility index (Phi) is 2.47. The molecule has 0 fully saturated rings. The van der Waals surface area contributed by atoms with Gasteiger partial charge in [-0.15, -0.1) is 11.8 Å². The fraction of sp³-hybridized carbons (Fsp3) is 0.400. The average molecular weight is 195 g/mol. The molecule has 1 aliphatic rings. The Morgan fingerprint density at radius 2 is 2.46 bits per heavy atom. The number of aliphatic hydroxyl groups is 1. The predicted molar refractivity (Wildman–Crippen MR) is 56.4 cm³/mol. The van der Waals surface area contributed by atoms with E-state index in [4.69, 9.17) is 5.11 Å². The standard InChI is InChI=1S/C10H13NOS/c1-7-2-3-10-9(4-7)11-8(5-12)6-13-10/h2-4,8,11-12H,5-6H2,1H3. The van der Waals surface area contributed by atoms with Gasteiger partial charge < -0.3 is 10.4 Å². The molecule has 1 unspecified atom stereocenters. The molecule has 1 aliphatic heterocycles. The van der Waals surface area contributed by atoms with E-state index >= 15 is 0 Å². The Morgan fingerprint density at radius 1 is 1.62 bits per heavy atom. The van der Waals surface area contributed by atoms with Crippen molar-refractivity contribution in [2.45, 2.75) is 17.9 Å². The van der Waals surface area contributed by atoms with Gasteiger partial charge in [-0.3, -0.25) is 0 Å². The van der Waals surface area contributed by atoms with Crippen LogP contribution in [-0.2, 0) is 0 Å². The number of nitrogens with one attached hydrogen (secondary N) is 1. The molecule has 2 nitrogen and oxygen atoms in total. The zero-order valence-electron chi connectivity index (χ0n) is 7.58. The van der Waals surface area contributed by atoms with Crippen LogP contribution in [0.3, 0.4) is 0 Å². The van der Waals surface area contributed by atoms with Gasteiger partial charge in [0.05, 0.1) is 12.6 Å². The molecule has 0 saturated heterocycles. The third-order valence-corrected chi connectivity index (χ3v) is 3.39. The molecular weight excluding hydrogens is 182 g/mol. The number of benzene rings is 1. The normalized spacial score (nSPS) is 20.6. The number of rotatable bonds is 1. The van der Waals surface area contributed by atoms with Crippen molar-refractivity contribution in [3.63, 3.8) is 0 Å². The van der Waals surface area contributed by atoms with Gasteiger partial charge in [-0.25, -0.2) is 0 Å². The summed E-state index contributed by atoms with van der Waals surface area (Å²) < 4.78 is 0. The van der Waals surface area contributed by atoms with Crippen molar-refractivity contribution in [1.82, 2.24) is 0 Å². The molecule has 0 aromatic heterocycles. The quantitative estimate of drug-likeness (QED) is 0.717. The summed E-state index contributed by atoms with van der Waals surface area (Å²) in [7, 11) is 0. The van der Waals surface area contributed by atoms with Crippen molar-refractivity contribution in [3.05, 3.63) is 23.8 Å². The molecular formula is C10H13NOS. The van der Waals surface area contributed by atoms with E-state index in [1.54, 1.807) is 0 Å². The minimum Gasteiger partial charge on any atom is -0.394 e. The van der Waals surface area contributed by atoms with Gasteiger partial charge in [-0.1, -0.05) is 6.07 Å². The third-order valence-electron chi connectivity index (χ3n) is 2.16. The fourth-order valence-electron chi connectivity index (χ4n) is 1.43. The number of hydrogen-bond acceptors (Lipinski definition) is 3. The van der Waals surface area contributed by atoms with Crippen LogP contribution in [0.15, 0.2) is 23.1 Å². The van der Waals surface area contributed by atoms with Gasteiger partial charge in [0.25, 0.3) is 0 Å². The lowest BCUT2D eigenvalue weighted by Gasteiger charge is -2.25. The summed E-state index contributed by atoms with van der Waals surface area (Å²) in [6.45, 7) is 2.29. The molecule has 2 N–H and O–H groups in total. The second-order valence-electron chi connectivity index (χ2n) is 3.33. The lowest BCUT2D eigenvalue weighted by atomic mass is 10.2. The van der Waals surface area contributed by atoms with Gasteiger partial charge in [0.2, 0.25) is 0 Å². The molecule has 0 saturated carbocycles. The molecule has 1 aromatic rings. The average Bonchev–Trinajstić information content (AvgIpc) is 2.16. The van der Waals surface area contributed by atoms with E-state index in [0.717, 1.165) is 11.4 Å². The Morgan fingerprint density at radius 3 is 3.23 bits per heavy atom. The highest BCUT2D eigenvalue weighted by Crippen LogP contribution is 2.33. The van der Waals surface area contributed by atoms with E-state index in [9.17, 15) is 0 Å². The van der Waals surface area contributed by atoms with Crippen LogP contribution in [0.2, 0.25) is 0 Å². The SMILES string of the molecule is Cc1ccc2c(c1)NC(CO)CS2. The van der Waals surface area contributed by atoms with Crippen LogP contribution in [0.5, 0.6) is 0 Å². The van der Waals surface area contributed by atoms with Crippen LogP contribution in [0.4, 0.5) is 5.69 Å². The Balaban J connectivity index is 2.27. The molecule has 13 heavy (non-hydrogen) atoms. The second-order valence-corrected chi connectivity index (χ2v) is 4.40. The maximum atomic E-state index is 9.01. The lowest BCUT2D eigenvalue weighted by molar-refractivity contribution is 0.282. The highest BCUT2D eigenvalue weighted by Gasteiger charge is 2.16. The summed E-state index contributed by atoms with van der Waals surface area (Å²) in [4.78, 5) is 1.29. The van der Waals surface area contributed by atoms with E-state index in [1.807, 2.05) is 11.8 Å². The molecule has 1 atom stereocenters. The molecule has 0 aliphatic carbocycles. The molecule has 2 rings (SSSR count). The molecule has 1 aromatic carbocycles. The molecule has 0 spiro atoms. The van der Waals surface area contributed by atoms with Crippen LogP contribution in [0.1, 0.15) is 5.56 Å². The van der Waals surface area contributed by atoms with Gasteiger partial charge in [0, 0.05) is 16.3 Å². The Hall–Kier alpha value is -0.670. The monoisotopic (exact) mass is 195 g/mol. The summed E-state index contributed by atoms with van der Waals surface area (Å²) in [6, 6.07) is 6.59. The summed E-state index contributed by atoms with van der Waals surface area (Å²) >= 11 is 1.81. The topological polar surface area (TPSA) is 32.3 Å². The maximum absolute atomic E-state index is 9.01. The molecule has 0 amide bonds. The van der Waals surface area contributed by atoms with Crippen molar-refractivity contribution < 1.29 is 5.11 Å². The third kappa shape index (κ3) is 1.81. The van der Waals surface area contributed by atoms with Gasteiger partial charge in [0.1, 0.15) is 0 Å². The highest BCUT2D eigenvalue weighted by molar-refractivity contribution is 7.99. The van der Waals surface area contributed by atoms with Gasteiger partial charge in [-0.05, 0) is 24.6 Å². The van der Waals surface area contributed by atoms with E-state index < -0.39 is 0 Å². The first kappa shape index (κ1) is 8.91. The number of hydrogen-bond donors (Lipinski definition) is 2. The summed E-state index contributed by atoms with van der Waals surface area (Å²) in [5, 5.41) is 12.3. The minimum atomic E-state index is 0.208. The fourth-order valence-corrected chi connectivity index (χ4v) is 2.44. The molecule has 70 valence electrons. The van der Waals surface area contributed by atoms with Gasteiger partial charge >= 0.3 is 0 Å². The molecule has 0 radical (unpaired) electrons. The van der Waals surface area contributed by atoms with Crippen LogP contribution < -0.4 is 5.32 Å². The summed E-state index contributed by atoms with van der Waals surface area (Å²) in [5.74, 6) is 0.951. The first-order chi connectivity index (χ1) is 6.29. The second kappa shape index (κ2) is 3.60. The zero-order valence-corrected chi connectivity index (χ0v) is 8.40. The van der Waals surface area contributed by atoms with E-state index in [-0.39, 0.29) is 12.6 Å². The zero-order chi connectivity index (χ0) is 9.26. The van der Waals surface area contributed by atoms with E-state index in [0.29, 0.717) is 0 Å². The molecule has 1 heterocycles. The van der Waals surface area contributed by atoms with Crippen LogP contribution >= 0.6 is 11.8 Å². The van der Waals surface area contributed by atoms with Crippen molar-refractivity contribution >= 4 is 17.4 Å². The van der Waals surface area contributed by atoms with Gasteiger partial charge in [-0.2, -0.15) is 0 Å². The van der Waals surface area contributed by atoms with Crippen molar-refractivity contribution in [3.8, 4) is 0 Å². The predicted octanol–water partition coefficient (Wildman–Crippen LogP) is 1.87. The van der Waals surface area contributed by atoms with E-state index in [1.165, 1.54) is 10.5 Å². The molecule has 3 heteroatoms. The number of fused-ring (bicyclic) bond motifs is 1. The van der Waals surface area contributed by atoms with Crippen molar-refractivity contribution in [1.29, 1.82) is 0 Å². The number of anilines is 1. The van der Waals surface area contributed by atoms with Crippen LogP contribution in [0, 0.1) is 6.92 Å². The number of aryl methyl sites for hydroxylation is 1. The van der Waals surface area contributed by atoms with Crippen molar-refractivity contribution in [2.75, 3.05) is 17.7 Å². The first-order valence-corrected chi connectivity index (χ1v) is 5.39. The highest BCUT2D eigenvalue weighted by atomic mass is 32.2. The van der Waals surface area contributed by atoms with Gasteiger partial charge in [0.15, 0.2) is 0 Å². The Labute approximate surface area is 82.4 Å². The van der Waals surface area contributed by atoms with E-state index in [2.05, 4.69) is 30.4 Å². The molecule has 0 bridgehead atoms. The minimum absolute atomic E-state index is 0.208. The summed E-state index contributed by atoms with van der Waals surface area (Å²) in [5.41, 5.74) is 2.42. The maximum Gasteiger partial charge on any atom is 0.0641 e. The lowest BCUT2D eigenvalue weighted by Crippen LogP contribution is -2.29. The smallest absolute Gasteiger partial charge is 0.0641 e. The number of thioether (sulfide) groups is 1. The van der Waals surface area contributed by atoms with Crippen molar-refractivity contribution in [2.24, 2.45) is 0 Å².